The monoisotopic (exact) mass is 300 g/mol. The summed E-state index contributed by atoms with van der Waals surface area (Å²) in [6.45, 7) is 5.69. The first kappa shape index (κ1) is 14.5. The second kappa shape index (κ2) is 7.69. The lowest BCUT2D eigenvalue weighted by Gasteiger charge is -2.11. The summed E-state index contributed by atoms with van der Waals surface area (Å²) in [5, 5.41) is 3.34. The van der Waals surface area contributed by atoms with Gasteiger partial charge in [0.1, 0.15) is 12.4 Å². The molecule has 1 aromatic rings. The molecular weight excluding hydrogens is 280 g/mol. The molecule has 96 valence electrons. The Bertz CT molecular complexity index is 342. The summed E-state index contributed by atoms with van der Waals surface area (Å²) >= 11 is 3.47. The van der Waals surface area contributed by atoms with Crippen LogP contribution >= 0.6 is 15.9 Å². The number of ether oxygens (including phenoxy) is 1. The first-order chi connectivity index (χ1) is 8.09. The van der Waals surface area contributed by atoms with Gasteiger partial charge in [-0.1, -0.05) is 15.9 Å². The SMILES string of the molecule is Cc1cc(OCCNCCN(C)C)ccc1Br. The van der Waals surface area contributed by atoms with E-state index in [0.717, 1.165) is 29.9 Å². The molecule has 0 amide bonds. The molecule has 0 fully saturated rings. The zero-order valence-electron chi connectivity index (χ0n) is 10.8. The zero-order chi connectivity index (χ0) is 12.7. The highest BCUT2D eigenvalue weighted by molar-refractivity contribution is 9.10. The minimum Gasteiger partial charge on any atom is -0.492 e. The fourth-order valence-electron chi connectivity index (χ4n) is 1.38. The molecule has 0 atom stereocenters. The third kappa shape index (κ3) is 6.05. The van der Waals surface area contributed by atoms with E-state index >= 15 is 0 Å². The van der Waals surface area contributed by atoms with Crippen molar-refractivity contribution in [3.63, 3.8) is 0 Å². The lowest BCUT2D eigenvalue weighted by Crippen LogP contribution is -2.29. The predicted molar refractivity (Wildman–Crippen MR) is 75.8 cm³/mol. The number of halogens is 1. The Balaban J connectivity index is 2.16. The average molecular weight is 301 g/mol. The van der Waals surface area contributed by atoms with Gasteiger partial charge in [-0.2, -0.15) is 0 Å². The fraction of sp³-hybridized carbons (Fsp3) is 0.538. The summed E-state index contributed by atoms with van der Waals surface area (Å²) < 4.78 is 6.77. The first-order valence-corrected chi connectivity index (χ1v) is 6.63. The largest absolute Gasteiger partial charge is 0.492 e. The van der Waals surface area contributed by atoms with E-state index in [1.165, 1.54) is 5.56 Å². The number of nitrogens with one attached hydrogen (secondary N) is 1. The molecule has 0 aromatic heterocycles. The van der Waals surface area contributed by atoms with Crippen molar-refractivity contribution in [1.29, 1.82) is 0 Å². The number of benzene rings is 1. The van der Waals surface area contributed by atoms with E-state index in [1.54, 1.807) is 0 Å². The van der Waals surface area contributed by atoms with Gasteiger partial charge in [-0.05, 0) is 44.8 Å². The molecule has 0 heterocycles. The lowest BCUT2D eigenvalue weighted by atomic mass is 10.2. The second-order valence-corrected chi connectivity index (χ2v) is 5.17. The Morgan fingerprint density at radius 2 is 2.06 bits per heavy atom. The van der Waals surface area contributed by atoms with Crippen LogP contribution in [0.2, 0.25) is 0 Å². The zero-order valence-corrected chi connectivity index (χ0v) is 12.4. The maximum Gasteiger partial charge on any atom is 0.119 e. The summed E-state index contributed by atoms with van der Waals surface area (Å²) in [4.78, 5) is 2.16. The predicted octanol–water partition coefficient (Wildman–Crippen LogP) is 2.29. The van der Waals surface area contributed by atoms with Gasteiger partial charge < -0.3 is 15.0 Å². The standard InChI is InChI=1S/C13H21BrN2O/c1-11-10-12(4-5-13(11)14)17-9-7-15-6-8-16(2)3/h4-5,10,15H,6-9H2,1-3H3. The van der Waals surface area contributed by atoms with E-state index in [1.807, 2.05) is 18.2 Å². The summed E-state index contributed by atoms with van der Waals surface area (Å²) in [5.41, 5.74) is 1.20. The van der Waals surface area contributed by atoms with Crippen LogP contribution in [0.25, 0.3) is 0 Å². The fourth-order valence-corrected chi connectivity index (χ4v) is 1.62. The number of likely N-dealkylation sites (N-methyl/N-ethyl adjacent to an activating group) is 1. The third-order valence-corrected chi connectivity index (χ3v) is 3.30. The van der Waals surface area contributed by atoms with Crippen molar-refractivity contribution in [2.24, 2.45) is 0 Å². The Morgan fingerprint density at radius 3 is 2.71 bits per heavy atom. The van der Waals surface area contributed by atoms with Crippen molar-refractivity contribution in [3.8, 4) is 5.75 Å². The Hall–Kier alpha value is -0.580. The van der Waals surface area contributed by atoms with Crippen molar-refractivity contribution < 1.29 is 4.74 Å². The van der Waals surface area contributed by atoms with Crippen LogP contribution in [0.15, 0.2) is 22.7 Å². The van der Waals surface area contributed by atoms with Crippen LogP contribution in [0.3, 0.4) is 0 Å². The second-order valence-electron chi connectivity index (χ2n) is 4.31. The highest BCUT2D eigenvalue weighted by Gasteiger charge is 1.98. The molecule has 1 aromatic carbocycles. The van der Waals surface area contributed by atoms with E-state index in [9.17, 15) is 0 Å². The number of hydrogen-bond donors (Lipinski definition) is 1. The molecule has 0 saturated heterocycles. The Labute approximate surface area is 112 Å². The molecule has 3 nitrogen and oxygen atoms in total. The van der Waals surface area contributed by atoms with Gasteiger partial charge in [-0.15, -0.1) is 0 Å². The van der Waals surface area contributed by atoms with Gasteiger partial charge in [0.25, 0.3) is 0 Å². The van der Waals surface area contributed by atoms with Gasteiger partial charge in [0.2, 0.25) is 0 Å². The third-order valence-electron chi connectivity index (χ3n) is 2.41. The number of nitrogens with zero attached hydrogens (tertiary/aromatic N) is 1. The topological polar surface area (TPSA) is 24.5 Å². The molecule has 0 spiro atoms. The molecule has 0 aliphatic rings. The van der Waals surface area contributed by atoms with Gasteiger partial charge in [0, 0.05) is 24.1 Å². The maximum absolute atomic E-state index is 5.65. The summed E-state index contributed by atoms with van der Waals surface area (Å²) in [5.74, 6) is 0.931. The normalized spacial score (nSPS) is 10.9. The molecule has 0 radical (unpaired) electrons. The van der Waals surface area contributed by atoms with Crippen molar-refractivity contribution in [1.82, 2.24) is 10.2 Å². The molecule has 0 bridgehead atoms. The van der Waals surface area contributed by atoms with Crippen LogP contribution in [-0.4, -0.2) is 45.2 Å². The van der Waals surface area contributed by atoms with Crippen LogP contribution in [0.4, 0.5) is 0 Å². The summed E-state index contributed by atoms with van der Waals surface area (Å²) in [6, 6.07) is 6.05. The van der Waals surface area contributed by atoms with E-state index in [-0.39, 0.29) is 0 Å². The van der Waals surface area contributed by atoms with Crippen molar-refractivity contribution in [2.75, 3.05) is 40.3 Å². The molecule has 17 heavy (non-hydrogen) atoms. The maximum atomic E-state index is 5.65. The molecule has 1 rings (SSSR count). The molecule has 1 N–H and O–H groups in total. The van der Waals surface area contributed by atoms with E-state index in [4.69, 9.17) is 4.74 Å². The highest BCUT2D eigenvalue weighted by atomic mass is 79.9. The molecule has 0 unspecified atom stereocenters. The quantitative estimate of drug-likeness (QED) is 0.782. The smallest absolute Gasteiger partial charge is 0.119 e. The lowest BCUT2D eigenvalue weighted by molar-refractivity contribution is 0.308. The van der Waals surface area contributed by atoms with Crippen LogP contribution < -0.4 is 10.1 Å². The van der Waals surface area contributed by atoms with Crippen molar-refractivity contribution in [2.45, 2.75) is 6.92 Å². The van der Waals surface area contributed by atoms with E-state index in [2.05, 4.69) is 47.2 Å². The van der Waals surface area contributed by atoms with Crippen molar-refractivity contribution in [3.05, 3.63) is 28.2 Å². The minimum absolute atomic E-state index is 0.703. The molecule has 4 heteroatoms. The Morgan fingerprint density at radius 1 is 1.29 bits per heavy atom. The molecule has 0 aliphatic carbocycles. The average Bonchev–Trinajstić information content (AvgIpc) is 2.27. The highest BCUT2D eigenvalue weighted by Crippen LogP contribution is 2.21. The first-order valence-electron chi connectivity index (χ1n) is 5.84. The van der Waals surface area contributed by atoms with Gasteiger partial charge >= 0.3 is 0 Å². The van der Waals surface area contributed by atoms with Gasteiger partial charge in [0.15, 0.2) is 0 Å². The van der Waals surface area contributed by atoms with Crippen molar-refractivity contribution >= 4 is 15.9 Å². The van der Waals surface area contributed by atoms with Crippen LogP contribution in [-0.2, 0) is 0 Å². The summed E-state index contributed by atoms with van der Waals surface area (Å²) in [6.07, 6.45) is 0. The number of rotatable bonds is 7. The van der Waals surface area contributed by atoms with Crippen LogP contribution in [0.5, 0.6) is 5.75 Å². The van der Waals surface area contributed by atoms with E-state index < -0.39 is 0 Å². The molecule has 0 aliphatic heterocycles. The van der Waals surface area contributed by atoms with Crippen LogP contribution in [0, 0.1) is 6.92 Å². The molecular formula is C13H21BrN2O. The Kier molecular flexibility index (Phi) is 6.55. The molecule has 0 saturated carbocycles. The van der Waals surface area contributed by atoms with Gasteiger partial charge in [-0.25, -0.2) is 0 Å². The minimum atomic E-state index is 0.703. The van der Waals surface area contributed by atoms with E-state index in [0.29, 0.717) is 6.61 Å². The van der Waals surface area contributed by atoms with Crippen LogP contribution in [0.1, 0.15) is 5.56 Å². The number of aryl methyl sites for hydroxylation is 1. The van der Waals surface area contributed by atoms with Gasteiger partial charge in [0.05, 0.1) is 0 Å². The number of hydrogen-bond acceptors (Lipinski definition) is 3. The summed E-state index contributed by atoms with van der Waals surface area (Å²) in [7, 11) is 4.14. The van der Waals surface area contributed by atoms with Gasteiger partial charge in [-0.3, -0.25) is 0 Å².